The highest BCUT2D eigenvalue weighted by molar-refractivity contribution is 5.85. The van der Waals surface area contributed by atoms with Crippen molar-refractivity contribution in [1.82, 2.24) is 0 Å². The molecular weight excluding hydrogens is 128 g/mol. The maximum absolute atomic E-state index is 10.5. The molecule has 0 aromatic heterocycles. The fourth-order valence-corrected chi connectivity index (χ4v) is 1.29. The molecule has 2 nitrogen and oxygen atoms in total. The molecule has 0 aromatic rings. The first-order valence-corrected chi connectivity index (χ1v) is 3.60. The van der Waals surface area contributed by atoms with Crippen molar-refractivity contribution in [2.45, 2.75) is 25.7 Å². The zero-order valence-corrected chi connectivity index (χ0v) is 5.88. The maximum Gasteiger partial charge on any atom is 0.133 e. The predicted octanol–water partition coefficient (Wildman–Crippen LogP) is 1.15. The van der Waals surface area contributed by atoms with Crippen LogP contribution in [0.4, 0.5) is 0 Å². The molecule has 2 heteroatoms. The SMILES string of the molecule is O=CC1(C=O)[CH]CCCC1. The Labute approximate surface area is 60.6 Å². The summed E-state index contributed by atoms with van der Waals surface area (Å²) in [5.74, 6) is 0. The first kappa shape index (κ1) is 7.45. The molecule has 1 radical (unpaired) electrons. The third-order valence-corrected chi connectivity index (χ3v) is 2.03. The lowest BCUT2D eigenvalue weighted by atomic mass is 9.77. The first-order valence-electron chi connectivity index (χ1n) is 3.60. The normalized spacial score (nSPS) is 23.6. The summed E-state index contributed by atoms with van der Waals surface area (Å²) in [5.41, 5.74) is -0.724. The molecule has 0 N–H and O–H groups in total. The molecule has 10 heavy (non-hydrogen) atoms. The van der Waals surface area contributed by atoms with Gasteiger partial charge < -0.3 is 9.59 Å². The van der Waals surface area contributed by atoms with Crippen LogP contribution < -0.4 is 0 Å². The second-order valence-corrected chi connectivity index (χ2v) is 2.80. The van der Waals surface area contributed by atoms with E-state index in [-0.39, 0.29) is 0 Å². The van der Waals surface area contributed by atoms with Crippen molar-refractivity contribution in [3.63, 3.8) is 0 Å². The predicted molar refractivity (Wildman–Crippen MR) is 37.3 cm³/mol. The van der Waals surface area contributed by atoms with Crippen molar-refractivity contribution in [2.24, 2.45) is 5.41 Å². The Bertz CT molecular complexity index is 124. The van der Waals surface area contributed by atoms with Crippen molar-refractivity contribution in [3.8, 4) is 0 Å². The number of aldehydes is 2. The van der Waals surface area contributed by atoms with Gasteiger partial charge in [0.1, 0.15) is 12.6 Å². The van der Waals surface area contributed by atoms with Gasteiger partial charge in [0.2, 0.25) is 0 Å². The average molecular weight is 139 g/mol. The number of carbonyl (C=O) groups excluding carboxylic acids is 2. The van der Waals surface area contributed by atoms with Gasteiger partial charge in [-0.2, -0.15) is 0 Å². The van der Waals surface area contributed by atoms with Crippen LogP contribution in [-0.2, 0) is 9.59 Å². The minimum Gasteiger partial charge on any atom is -0.302 e. The van der Waals surface area contributed by atoms with Crippen LogP contribution in [0.2, 0.25) is 0 Å². The van der Waals surface area contributed by atoms with Crippen LogP contribution >= 0.6 is 0 Å². The second kappa shape index (κ2) is 2.95. The van der Waals surface area contributed by atoms with Gasteiger partial charge in [-0.25, -0.2) is 0 Å². The topological polar surface area (TPSA) is 34.1 Å². The van der Waals surface area contributed by atoms with Crippen molar-refractivity contribution >= 4 is 12.6 Å². The van der Waals surface area contributed by atoms with Crippen molar-refractivity contribution in [1.29, 1.82) is 0 Å². The van der Waals surface area contributed by atoms with Crippen LogP contribution in [0.15, 0.2) is 0 Å². The van der Waals surface area contributed by atoms with Gasteiger partial charge in [-0.3, -0.25) is 0 Å². The first-order chi connectivity index (χ1) is 4.83. The van der Waals surface area contributed by atoms with Crippen LogP contribution in [0.5, 0.6) is 0 Å². The summed E-state index contributed by atoms with van der Waals surface area (Å²) in [6.07, 6.45) is 7.07. The Morgan fingerprint density at radius 1 is 1.20 bits per heavy atom. The van der Waals surface area contributed by atoms with E-state index < -0.39 is 5.41 Å². The lowest BCUT2D eigenvalue weighted by Gasteiger charge is -2.24. The summed E-state index contributed by atoms with van der Waals surface area (Å²) >= 11 is 0. The van der Waals surface area contributed by atoms with Crippen LogP contribution in [-0.4, -0.2) is 12.6 Å². The van der Waals surface area contributed by atoms with E-state index in [1.807, 2.05) is 6.42 Å². The highest BCUT2D eigenvalue weighted by Gasteiger charge is 2.31. The van der Waals surface area contributed by atoms with Gasteiger partial charge in [-0.1, -0.05) is 12.8 Å². The minimum absolute atomic E-state index is 0.708. The molecule has 0 amide bonds. The highest BCUT2D eigenvalue weighted by atomic mass is 16.1. The standard InChI is InChI=1S/C8H11O2/c9-6-8(7-10)4-2-1-3-5-8/h4,6-7H,1-3,5H2. The quantitative estimate of drug-likeness (QED) is 0.425. The summed E-state index contributed by atoms with van der Waals surface area (Å²) in [5, 5.41) is 0. The molecular formula is C8H11O2. The Hall–Kier alpha value is -0.660. The third kappa shape index (κ3) is 1.25. The van der Waals surface area contributed by atoms with Gasteiger partial charge in [0.05, 0.1) is 5.41 Å². The largest absolute Gasteiger partial charge is 0.302 e. The third-order valence-electron chi connectivity index (χ3n) is 2.03. The summed E-state index contributed by atoms with van der Waals surface area (Å²) in [7, 11) is 0. The van der Waals surface area contributed by atoms with E-state index in [0.717, 1.165) is 31.8 Å². The average Bonchev–Trinajstić information content (AvgIpc) is 2.06. The fraction of sp³-hybridized carbons (Fsp3) is 0.625. The number of rotatable bonds is 2. The number of hydrogen-bond acceptors (Lipinski definition) is 2. The maximum atomic E-state index is 10.5. The van der Waals surface area contributed by atoms with Gasteiger partial charge in [-0.05, 0) is 19.3 Å². The van der Waals surface area contributed by atoms with Crippen LogP contribution in [0.3, 0.4) is 0 Å². The van der Waals surface area contributed by atoms with Gasteiger partial charge in [0, 0.05) is 0 Å². The molecule has 0 atom stereocenters. The second-order valence-electron chi connectivity index (χ2n) is 2.80. The summed E-state index contributed by atoms with van der Waals surface area (Å²) in [6, 6.07) is 0. The zero-order valence-electron chi connectivity index (χ0n) is 5.88. The van der Waals surface area contributed by atoms with Crippen LogP contribution in [0.1, 0.15) is 25.7 Å². The van der Waals surface area contributed by atoms with E-state index in [1.54, 1.807) is 0 Å². The van der Waals surface area contributed by atoms with E-state index in [9.17, 15) is 9.59 Å². The molecule has 1 aliphatic rings. The summed E-state index contributed by atoms with van der Waals surface area (Å²) in [6.45, 7) is 0. The molecule has 0 aliphatic heterocycles. The van der Waals surface area contributed by atoms with E-state index in [0.29, 0.717) is 6.42 Å². The fourth-order valence-electron chi connectivity index (χ4n) is 1.29. The van der Waals surface area contributed by atoms with Gasteiger partial charge in [0.25, 0.3) is 0 Å². The molecule has 55 valence electrons. The molecule has 0 bridgehead atoms. The number of carbonyl (C=O) groups is 2. The van der Waals surface area contributed by atoms with Gasteiger partial charge in [0.15, 0.2) is 0 Å². The minimum atomic E-state index is -0.724. The van der Waals surface area contributed by atoms with Gasteiger partial charge in [-0.15, -0.1) is 0 Å². The molecule has 1 saturated carbocycles. The zero-order chi connectivity index (χ0) is 7.45. The van der Waals surface area contributed by atoms with Crippen molar-refractivity contribution in [3.05, 3.63) is 6.42 Å². The Morgan fingerprint density at radius 2 is 1.90 bits per heavy atom. The van der Waals surface area contributed by atoms with Gasteiger partial charge >= 0.3 is 0 Å². The lowest BCUT2D eigenvalue weighted by Crippen LogP contribution is -2.27. The smallest absolute Gasteiger partial charge is 0.133 e. The van der Waals surface area contributed by atoms with E-state index in [1.165, 1.54) is 0 Å². The molecule has 0 saturated heterocycles. The molecule has 0 heterocycles. The van der Waals surface area contributed by atoms with E-state index in [4.69, 9.17) is 0 Å². The van der Waals surface area contributed by atoms with E-state index >= 15 is 0 Å². The molecule has 0 unspecified atom stereocenters. The Balaban J connectivity index is 2.60. The molecule has 0 aromatic carbocycles. The monoisotopic (exact) mass is 139 g/mol. The Kier molecular flexibility index (Phi) is 2.20. The summed E-state index contributed by atoms with van der Waals surface area (Å²) < 4.78 is 0. The van der Waals surface area contributed by atoms with Crippen LogP contribution in [0, 0.1) is 11.8 Å². The summed E-state index contributed by atoms with van der Waals surface area (Å²) in [4.78, 5) is 20.9. The van der Waals surface area contributed by atoms with Crippen molar-refractivity contribution in [2.75, 3.05) is 0 Å². The lowest BCUT2D eigenvalue weighted by molar-refractivity contribution is -0.125. The number of hydrogen-bond donors (Lipinski definition) is 0. The van der Waals surface area contributed by atoms with Crippen molar-refractivity contribution < 1.29 is 9.59 Å². The molecule has 1 fully saturated rings. The Morgan fingerprint density at radius 3 is 2.20 bits per heavy atom. The van der Waals surface area contributed by atoms with Crippen LogP contribution in [0.25, 0.3) is 0 Å². The molecule has 1 aliphatic carbocycles. The van der Waals surface area contributed by atoms with E-state index in [2.05, 4.69) is 0 Å². The highest BCUT2D eigenvalue weighted by Crippen LogP contribution is 2.30. The molecule has 0 spiro atoms. The molecule has 1 rings (SSSR count).